The molecular formula is C16H24O3S. The van der Waals surface area contributed by atoms with Gasteiger partial charge in [-0.25, -0.2) is 8.42 Å². The molecule has 1 aromatic carbocycles. The predicted octanol–water partition coefficient (Wildman–Crippen LogP) is 3.34. The Hall–Kier alpha value is -0.870. The van der Waals surface area contributed by atoms with Crippen LogP contribution in [0.25, 0.3) is 0 Å². The monoisotopic (exact) mass is 296 g/mol. The second-order valence-electron chi connectivity index (χ2n) is 5.98. The van der Waals surface area contributed by atoms with Gasteiger partial charge in [-0.15, -0.1) is 0 Å². The zero-order valence-electron chi connectivity index (χ0n) is 12.2. The minimum absolute atomic E-state index is 0.307. The van der Waals surface area contributed by atoms with Crippen molar-refractivity contribution in [2.45, 2.75) is 50.0 Å². The van der Waals surface area contributed by atoms with Crippen LogP contribution in [-0.2, 0) is 9.84 Å². The van der Waals surface area contributed by atoms with Crippen molar-refractivity contribution in [2.24, 2.45) is 11.8 Å². The molecule has 1 aliphatic carbocycles. The minimum Gasteiger partial charge on any atom is -0.388 e. The number of aliphatic hydroxyl groups excluding tert-OH is 1. The summed E-state index contributed by atoms with van der Waals surface area (Å²) < 4.78 is 22.8. The van der Waals surface area contributed by atoms with Gasteiger partial charge < -0.3 is 5.11 Å². The highest BCUT2D eigenvalue weighted by molar-refractivity contribution is 7.90. The third-order valence-corrected chi connectivity index (χ3v) is 5.69. The third kappa shape index (κ3) is 3.61. The molecule has 112 valence electrons. The van der Waals surface area contributed by atoms with Gasteiger partial charge in [-0.3, -0.25) is 0 Å². The molecule has 3 nitrogen and oxygen atoms in total. The van der Waals surface area contributed by atoms with Crippen molar-refractivity contribution in [1.82, 2.24) is 0 Å². The van der Waals surface area contributed by atoms with E-state index in [1.54, 1.807) is 24.3 Å². The van der Waals surface area contributed by atoms with E-state index in [2.05, 4.69) is 6.92 Å². The normalized spacial score (nSPS) is 25.4. The van der Waals surface area contributed by atoms with Crippen molar-refractivity contribution in [3.8, 4) is 0 Å². The average Bonchev–Trinajstić information content (AvgIpc) is 2.46. The van der Waals surface area contributed by atoms with Crippen LogP contribution in [0.2, 0.25) is 0 Å². The smallest absolute Gasteiger partial charge is 0.175 e. The molecule has 0 heterocycles. The van der Waals surface area contributed by atoms with Crippen molar-refractivity contribution >= 4 is 9.84 Å². The maximum atomic E-state index is 11.4. The highest BCUT2D eigenvalue weighted by Crippen LogP contribution is 2.37. The van der Waals surface area contributed by atoms with Crippen molar-refractivity contribution in [3.63, 3.8) is 0 Å². The van der Waals surface area contributed by atoms with E-state index in [-0.39, 0.29) is 0 Å². The summed E-state index contributed by atoms with van der Waals surface area (Å²) in [4.78, 5) is 0.308. The van der Waals surface area contributed by atoms with Crippen LogP contribution in [0.5, 0.6) is 0 Å². The number of benzene rings is 1. The SMILES string of the molecule is CCC1CCC(C(O)c2ccc(S(C)(=O)=O)cc2)CC1. The van der Waals surface area contributed by atoms with Crippen molar-refractivity contribution in [3.05, 3.63) is 29.8 Å². The summed E-state index contributed by atoms with van der Waals surface area (Å²) >= 11 is 0. The number of rotatable bonds is 4. The van der Waals surface area contributed by atoms with Gasteiger partial charge in [0.2, 0.25) is 0 Å². The molecule has 0 aromatic heterocycles. The molecule has 1 aliphatic rings. The first-order chi connectivity index (χ1) is 9.41. The topological polar surface area (TPSA) is 54.4 Å². The van der Waals surface area contributed by atoms with E-state index in [1.807, 2.05) is 0 Å². The van der Waals surface area contributed by atoms with Crippen LogP contribution in [0.3, 0.4) is 0 Å². The fraction of sp³-hybridized carbons (Fsp3) is 0.625. The Bertz CT molecular complexity index is 525. The maximum Gasteiger partial charge on any atom is 0.175 e. The quantitative estimate of drug-likeness (QED) is 0.927. The van der Waals surface area contributed by atoms with E-state index in [0.29, 0.717) is 10.8 Å². The second-order valence-corrected chi connectivity index (χ2v) is 7.99. The Labute approximate surface area is 121 Å². The number of aliphatic hydroxyl groups is 1. The lowest BCUT2D eigenvalue weighted by Crippen LogP contribution is -2.20. The van der Waals surface area contributed by atoms with E-state index in [9.17, 15) is 13.5 Å². The molecule has 1 N–H and O–H groups in total. The van der Waals surface area contributed by atoms with Crippen LogP contribution in [0, 0.1) is 11.8 Å². The first kappa shape index (κ1) is 15.5. The molecule has 20 heavy (non-hydrogen) atoms. The first-order valence-corrected chi connectivity index (χ1v) is 9.29. The summed E-state index contributed by atoms with van der Waals surface area (Å²) in [5, 5.41) is 10.4. The van der Waals surface area contributed by atoms with Gasteiger partial charge >= 0.3 is 0 Å². The lowest BCUT2D eigenvalue weighted by Gasteiger charge is -2.31. The Balaban J connectivity index is 2.05. The fourth-order valence-electron chi connectivity index (χ4n) is 3.10. The third-order valence-electron chi connectivity index (χ3n) is 4.57. The van der Waals surface area contributed by atoms with Crippen LogP contribution >= 0.6 is 0 Å². The molecule has 1 fully saturated rings. The molecule has 0 bridgehead atoms. The predicted molar refractivity (Wildman–Crippen MR) is 80.3 cm³/mol. The van der Waals surface area contributed by atoms with E-state index in [1.165, 1.54) is 25.5 Å². The lowest BCUT2D eigenvalue weighted by molar-refractivity contribution is 0.0729. The number of hydrogen-bond donors (Lipinski definition) is 1. The van der Waals surface area contributed by atoms with E-state index >= 15 is 0 Å². The summed E-state index contributed by atoms with van der Waals surface area (Å²) in [7, 11) is -3.16. The molecule has 1 atom stereocenters. The Morgan fingerprint density at radius 3 is 2.15 bits per heavy atom. The highest BCUT2D eigenvalue weighted by atomic mass is 32.2. The van der Waals surface area contributed by atoms with Crippen LogP contribution in [-0.4, -0.2) is 19.8 Å². The van der Waals surface area contributed by atoms with Crippen LogP contribution in [0.4, 0.5) is 0 Å². The Kier molecular flexibility index (Phi) is 4.86. The molecule has 1 unspecified atom stereocenters. The molecule has 0 amide bonds. The van der Waals surface area contributed by atoms with E-state index in [0.717, 1.165) is 24.3 Å². The molecule has 0 spiro atoms. The second kappa shape index (κ2) is 6.27. The van der Waals surface area contributed by atoms with Gasteiger partial charge in [-0.05, 0) is 42.4 Å². The van der Waals surface area contributed by atoms with Crippen molar-refractivity contribution in [1.29, 1.82) is 0 Å². The molecule has 0 saturated heterocycles. The van der Waals surface area contributed by atoms with Gasteiger partial charge in [-0.2, -0.15) is 0 Å². The van der Waals surface area contributed by atoms with Crippen molar-refractivity contribution < 1.29 is 13.5 Å². The largest absolute Gasteiger partial charge is 0.388 e. The molecular weight excluding hydrogens is 272 g/mol. The number of hydrogen-bond acceptors (Lipinski definition) is 3. The van der Waals surface area contributed by atoms with Crippen molar-refractivity contribution in [2.75, 3.05) is 6.26 Å². The van der Waals surface area contributed by atoms with E-state index < -0.39 is 15.9 Å². The lowest BCUT2D eigenvalue weighted by atomic mass is 9.77. The number of sulfone groups is 1. The summed E-state index contributed by atoms with van der Waals surface area (Å²) in [6.07, 6.45) is 6.47. The first-order valence-electron chi connectivity index (χ1n) is 7.40. The zero-order valence-corrected chi connectivity index (χ0v) is 13.1. The highest BCUT2D eigenvalue weighted by Gasteiger charge is 2.26. The summed E-state index contributed by atoms with van der Waals surface area (Å²) in [5.41, 5.74) is 0.831. The van der Waals surface area contributed by atoms with Crippen LogP contribution < -0.4 is 0 Å². The fourth-order valence-corrected chi connectivity index (χ4v) is 3.73. The molecule has 4 heteroatoms. The molecule has 2 rings (SSSR count). The Morgan fingerprint density at radius 1 is 1.15 bits per heavy atom. The standard InChI is InChI=1S/C16H24O3S/c1-3-12-4-6-13(7-5-12)16(17)14-8-10-15(11-9-14)20(2,18)19/h8-13,16-17H,3-7H2,1-2H3. The van der Waals surface area contributed by atoms with Gasteiger partial charge in [0.25, 0.3) is 0 Å². The van der Waals surface area contributed by atoms with Crippen LogP contribution in [0.1, 0.15) is 50.7 Å². The molecule has 0 radical (unpaired) electrons. The average molecular weight is 296 g/mol. The van der Waals surface area contributed by atoms with Gasteiger partial charge in [-0.1, -0.05) is 38.3 Å². The molecule has 1 aromatic rings. The van der Waals surface area contributed by atoms with Crippen LogP contribution in [0.15, 0.2) is 29.2 Å². The van der Waals surface area contributed by atoms with Gasteiger partial charge in [0, 0.05) is 6.26 Å². The molecule has 0 aliphatic heterocycles. The van der Waals surface area contributed by atoms with Gasteiger partial charge in [0.1, 0.15) is 0 Å². The zero-order chi connectivity index (χ0) is 14.8. The Morgan fingerprint density at radius 2 is 1.70 bits per heavy atom. The molecule has 1 saturated carbocycles. The van der Waals surface area contributed by atoms with Gasteiger partial charge in [0.15, 0.2) is 9.84 Å². The summed E-state index contributed by atoms with van der Waals surface area (Å²) in [6.45, 7) is 2.23. The van der Waals surface area contributed by atoms with E-state index in [4.69, 9.17) is 0 Å². The summed E-state index contributed by atoms with van der Waals surface area (Å²) in [5.74, 6) is 1.12. The summed E-state index contributed by atoms with van der Waals surface area (Å²) in [6, 6.07) is 6.66. The van der Waals surface area contributed by atoms with Gasteiger partial charge in [0.05, 0.1) is 11.0 Å². The minimum atomic E-state index is -3.16. The maximum absolute atomic E-state index is 11.4.